The Kier molecular flexibility index (Phi) is 4.87. The molecule has 0 atom stereocenters. The average molecular weight is 240 g/mol. The predicted octanol–water partition coefficient (Wildman–Crippen LogP) is 2.18. The zero-order chi connectivity index (χ0) is 11.5. The van der Waals surface area contributed by atoms with Crippen LogP contribution in [0.15, 0.2) is 23.1 Å². The highest BCUT2D eigenvalue weighted by molar-refractivity contribution is 5.10. The standard InChI is InChI=1S/C13H20N2O.FH/c1-11(2)15-10-12(5-6-13(15)16)9-14-7-3-4-8-14;/h5-6,10-11H,3-4,7-9H2,1-2H3;1H. The van der Waals surface area contributed by atoms with E-state index in [0.29, 0.717) is 0 Å². The number of hydrogen-bond acceptors (Lipinski definition) is 2. The van der Waals surface area contributed by atoms with Crippen molar-refractivity contribution in [2.45, 2.75) is 39.3 Å². The van der Waals surface area contributed by atoms with Gasteiger partial charge in [-0.05, 0) is 45.3 Å². The molecule has 0 N–H and O–H groups in total. The lowest BCUT2D eigenvalue weighted by atomic mass is 10.2. The molecule has 3 nitrogen and oxygen atoms in total. The van der Waals surface area contributed by atoms with Crippen molar-refractivity contribution in [3.8, 4) is 0 Å². The molecule has 4 heteroatoms. The van der Waals surface area contributed by atoms with Crippen LogP contribution in [0.4, 0.5) is 4.70 Å². The van der Waals surface area contributed by atoms with Crippen molar-refractivity contribution in [1.82, 2.24) is 9.47 Å². The third kappa shape index (κ3) is 3.40. The third-order valence-electron chi connectivity index (χ3n) is 3.16. The summed E-state index contributed by atoms with van der Waals surface area (Å²) in [6.07, 6.45) is 4.62. The molecule has 1 saturated heterocycles. The number of aromatic nitrogens is 1. The van der Waals surface area contributed by atoms with Crippen LogP contribution in [0.3, 0.4) is 0 Å². The van der Waals surface area contributed by atoms with Gasteiger partial charge in [0, 0.05) is 24.8 Å². The second-order valence-electron chi connectivity index (χ2n) is 4.86. The summed E-state index contributed by atoms with van der Waals surface area (Å²) in [5.74, 6) is 0. The predicted molar refractivity (Wildman–Crippen MR) is 68.1 cm³/mol. The molecule has 1 aliphatic heterocycles. The van der Waals surface area contributed by atoms with Crippen LogP contribution in [0.2, 0.25) is 0 Å². The van der Waals surface area contributed by atoms with Gasteiger partial charge in [-0.25, -0.2) is 0 Å². The Morgan fingerprint density at radius 1 is 1.24 bits per heavy atom. The van der Waals surface area contributed by atoms with E-state index in [1.807, 2.05) is 30.7 Å². The zero-order valence-corrected chi connectivity index (χ0v) is 10.6. The molecule has 17 heavy (non-hydrogen) atoms. The number of hydrogen-bond donors (Lipinski definition) is 0. The van der Waals surface area contributed by atoms with Crippen molar-refractivity contribution in [2.24, 2.45) is 0 Å². The molecule has 1 aromatic heterocycles. The minimum absolute atomic E-state index is 0. The SMILES string of the molecule is CC(C)n1cc(CN2CCCC2)ccc1=O.F. The molecule has 0 unspecified atom stereocenters. The molecule has 2 heterocycles. The lowest BCUT2D eigenvalue weighted by molar-refractivity contribution is 0.330. The number of pyridine rings is 1. The smallest absolute Gasteiger partial charge is 0.250 e. The highest BCUT2D eigenvalue weighted by atomic mass is 19.0. The second kappa shape index (κ2) is 5.96. The Morgan fingerprint density at radius 2 is 1.88 bits per heavy atom. The van der Waals surface area contributed by atoms with Gasteiger partial charge in [-0.3, -0.25) is 14.4 Å². The molecular formula is C13H21FN2O. The lowest BCUT2D eigenvalue weighted by Crippen LogP contribution is -2.23. The monoisotopic (exact) mass is 240 g/mol. The first-order chi connectivity index (χ1) is 7.66. The fourth-order valence-electron chi connectivity index (χ4n) is 2.25. The maximum atomic E-state index is 11.6. The summed E-state index contributed by atoms with van der Waals surface area (Å²) in [5, 5.41) is 0. The Balaban J connectivity index is 0.00000144. The van der Waals surface area contributed by atoms with Gasteiger partial charge in [0.2, 0.25) is 0 Å². The summed E-state index contributed by atoms with van der Waals surface area (Å²) in [6, 6.07) is 3.89. The fourth-order valence-corrected chi connectivity index (χ4v) is 2.25. The van der Waals surface area contributed by atoms with Crippen molar-refractivity contribution in [3.05, 3.63) is 34.2 Å². The van der Waals surface area contributed by atoms with Crippen LogP contribution in [0, 0.1) is 0 Å². The van der Waals surface area contributed by atoms with Crippen LogP contribution in [0.5, 0.6) is 0 Å². The van der Waals surface area contributed by atoms with Gasteiger partial charge < -0.3 is 4.57 Å². The van der Waals surface area contributed by atoms with Gasteiger partial charge in [0.1, 0.15) is 0 Å². The number of halogens is 1. The molecule has 0 aliphatic carbocycles. The maximum absolute atomic E-state index is 11.6. The largest absolute Gasteiger partial charge is 0.313 e. The first-order valence-corrected chi connectivity index (χ1v) is 6.10. The molecule has 96 valence electrons. The van der Waals surface area contributed by atoms with E-state index in [2.05, 4.69) is 4.90 Å². The Bertz CT molecular complexity index is 408. The first kappa shape index (κ1) is 13.9. The molecule has 2 rings (SSSR count). The van der Waals surface area contributed by atoms with Crippen LogP contribution in [-0.4, -0.2) is 22.6 Å². The molecule has 0 aromatic carbocycles. The van der Waals surface area contributed by atoms with E-state index in [-0.39, 0.29) is 16.3 Å². The molecular weight excluding hydrogens is 219 g/mol. The summed E-state index contributed by atoms with van der Waals surface area (Å²) in [7, 11) is 0. The van der Waals surface area contributed by atoms with Crippen molar-refractivity contribution in [1.29, 1.82) is 0 Å². The molecule has 0 amide bonds. The van der Waals surface area contributed by atoms with E-state index in [1.165, 1.54) is 31.5 Å². The summed E-state index contributed by atoms with van der Waals surface area (Å²) in [4.78, 5) is 14.0. The fraction of sp³-hybridized carbons (Fsp3) is 0.615. The van der Waals surface area contributed by atoms with Gasteiger partial charge in [0.15, 0.2) is 0 Å². The summed E-state index contributed by atoms with van der Waals surface area (Å²) in [5.41, 5.74) is 1.34. The average Bonchev–Trinajstić information content (AvgIpc) is 2.73. The molecule has 0 spiro atoms. The maximum Gasteiger partial charge on any atom is 0.250 e. The van der Waals surface area contributed by atoms with E-state index >= 15 is 0 Å². The lowest BCUT2D eigenvalue weighted by Gasteiger charge is -2.16. The number of nitrogens with zero attached hydrogens (tertiary/aromatic N) is 2. The number of rotatable bonds is 3. The van der Waals surface area contributed by atoms with E-state index < -0.39 is 0 Å². The van der Waals surface area contributed by atoms with Crippen LogP contribution in [0.25, 0.3) is 0 Å². The zero-order valence-electron chi connectivity index (χ0n) is 10.6. The molecule has 0 radical (unpaired) electrons. The van der Waals surface area contributed by atoms with Crippen molar-refractivity contribution in [3.63, 3.8) is 0 Å². The van der Waals surface area contributed by atoms with Gasteiger partial charge in [-0.2, -0.15) is 0 Å². The van der Waals surface area contributed by atoms with Crippen molar-refractivity contribution in [2.75, 3.05) is 13.1 Å². The molecule has 0 saturated carbocycles. The van der Waals surface area contributed by atoms with E-state index in [9.17, 15) is 4.79 Å². The van der Waals surface area contributed by atoms with Crippen LogP contribution in [-0.2, 0) is 6.54 Å². The van der Waals surface area contributed by atoms with Crippen LogP contribution >= 0.6 is 0 Å². The second-order valence-corrected chi connectivity index (χ2v) is 4.86. The van der Waals surface area contributed by atoms with Crippen molar-refractivity contribution >= 4 is 0 Å². The quantitative estimate of drug-likeness (QED) is 0.809. The topological polar surface area (TPSA) is 25.2 Å². The van der Waals surface area contributed by atoms with E-state index in [0.717, 1.165) is 6.54 Å². The summed E-state index contributed by atoms with van der Waals surface area (Å²) in [6.45, 7) is 7.46. The highest BCUT2D eigenvalue weighted by Crippen LogP contribution is 2.12. The van der Waals surface area contributed by atoms with E-state index in [4.69, 9.17) is 0 Å². The Morgan fingerprint density at radius 3 is 2.47 bits per heavy atom. The van der Waals surface area contributed by atoms with Gasteiger partial charge in [-0.1, -0.05) is 6.07 Å². The Labute approximate surface area is 101 Å². The van der Waals surface area contributed by atoms with Gasteiger partial charge >= 0.3 is 0 Å². The normalized spacial score (nSPS) is 16.2. The molecule has 1 aliphatic rings. The van der Waals surface area contributed by atoms with Crippen LogP contribution in [0.1, 0.15) is 38.3 Å². The van der Waals surface area contributed by atoms with Gasteiger partial charge in [0.25, 0.3) is 5.56 Å². The van der Waals surface area contributed by atoms with Crippen LogP contribution < -0.4 is 5.56 Å². The molecule has 1 fully saturated rings. The molecule has 1 aromatic rings. The van der Waals surface area contributed by atoms with E-state index in [1.54, 1.807) is 6.07 Å². The highest BCUT2D eigenvalue weighted by Gasteiger charge is 2.12. The number of likely N-dealkylation sites (tertiary alicyclic amines) is 1. The van der Waals surface area contributed by atoms with Gasteiger partial charge in [0.05, 0.1) is 0 Å². The minimum Gasteiger partial charge on any atom is -0.313 e. The van der Waals surface area contributed by atoms with Crippen molar-refractivity contribution < 1.29 is 4.70 Å². The third-order valence-corrected chi connectivity index (χ3v) is 3.16. The first-order valence-electron chi connectivity index (χ1n) is 6.10. The minimum atomic E-state index is 0. The summed E-state index contributed by atoms with van der Waals surface area (Å²) < 4.78 is 1.81. The Hall–Kier alpha value is -1.16. The molecule has 0 bridgehead atoms. The van der Waals surface area contributed by atoms with Gasteiger partial charge in [-0.15, -0.1) is 0 Å². The summed E-state index contributed by atoms with van der Waals surface area (Å²) >= 11 is 0.